The van der Waals surface area contributed by atoms with Gasteiger partial charge in [-0.15, -0.1) is 0 Å². The van der Waals surface area contributed by atoms with Gasteiger partial charge >= 0.3 is 0 Å². The van der Waals surface area contributed by atoms with E-state index in [2.05, 4.69) is 20.9 Å². The van der Waals surface area contributed by atoms with Gasteiger partial charge in [0.15, 0.2) is 0 Å². The van der Waals surface area contributed by atoms with E-state index in [4.69, 9.17) is 0 Å². The average molecular weight is 284 g/mol. The van der Waals surface area contributed by atoms with Gasteiger partial charge in [-0.1, -0.05) is 23.9 Å². The lowest BCUT2D eigenvalue weighted by Gasteiger charge is -2.00. The first-order chi connectivity index (χ1) is 7.24. The number of nitrogens with zero attached hydrogens (tertiary/aromatic N) is 1. The van der Waals surface area contributed by atoms with Gasteiger partial charge in [0.25, 0.3) is 0 Å². The van der Waals surface area contributed by atoms with E-state index in [0.29, 0.717) is 0 Å². The Bertz CT molecular complexity index is 432. The summed E-state index contributed by atoms with van der Waals surface area (Å²) in [4.78, 5) is 5.10. The van der Waals surface area contributed by atoms with Gasteiger partial charge in [-0.2, -0.15) is 0 Å². The molecule has 4 heteroatoms. The zero-order valence-corrected chi connectivity index (χ0v) is 10.1. The van der Waals surface area contributed by atoms with E-state index in [-0.39, 0.29) is 5.82 Å². The maximum Gasteiger partial charge on any atom is 0.124 e. The molecule has 0 aliphatic heterocycles. The molecule has 0 atom stereocenters. The van der Waals surface area contributed by atoms with Crippen LogP contribution in [0.3, 0.4) is 0 Å². The molecule has 0 saturated heterocycles. The molecule has 0 saturated carbocycles. The molecule has 2 rings (SSSR count). The number of pyridine rings is 1. The van der Waals surface area contributed by atoms with Crippen LogP contribution in [0, 0.1) is 5.82 Å². The van der Waals surface area contributed by atoms with Crippen LogP contribution >= 0.6 is 27.7 Å². The summed E-state index contributed by atoms with van der Waals surface area (Å²) in [6, 6.07) is 12.1. The highest BCUT2D eigenvalue weighted by atomic mass is 79.9. The van der Waals surface area contributed by atoms with Crippen molar-refractivity contribution in [2.24, 2.45) is 0 Å². The molecule has 76 valence electrons. The van der Waals surface area contributed by atoms with Crippen LogP contribution in [0.4, 0.5) is 4.39 Å². The molecule has 0 unspecified atom stereocenters. The van der Waals surface area contributed by atoms with Crippen molar-refractivity contribution in [2.75, 3.05) is 0 Å². The fraction of sp³-hybridized carbons (Fsp3) is 0. The molecule has 0 radical (unpaired) electrons. The molecule has 15 heavy (non-hydrogen) atoms. The summed E-state index contributed by atoms with van der Waals surface area (Å²) in [7, 11) is 0. The maximum absolute atomic E-state index is 12.9. The Morgan fingerprint density at radius 2 is 1.93 bits per heavy atom. The van der Waals surface area contributed by atoms with Gasteiger partial charge in [-0.05, 0) is 46.3 Å². The molecule has 1 heterocycles. The van der Waals surface area contributed by atoms with Gasteiger partial charge < -0.3 is 0 Å². The molecular formula is C11H7BrFNS. The molecule has 0 amide bonds. The highest BCUT2D eigenvalue weighted by molar-refractivity contribution is 9.10. The van der Waals surface area contributed by atoms with Crippen LogP contribution in [-0.2, 0) is 0 Å². The number of halogens is 2. The number of hydrogen-bond donors (Lipinski definition) is 0. The third-order valence-corrected chi connectivity index (χ3v) is 3.08. The number of rotatable bonds is 2. The molecule has 2 aromatic rings. The quantitative estimate of drug-likeness (QED) is 0.769. The van der Waals surface area contributed by atoms with Crippen molar-refractivity contribution in [2.45, 2.75) is 9.92 Å². The number of hydrogen-bond acceptors (Lipinski definition) is 2. The van der Waals surface area contributed by atoms with E-state index >= 15 is 0 Å². The SMILES string of the molecule is Fc1cccc(Sc2cccc(Br)n2)c1. The van der Waals surface area contributed by atoms with Gasteiger partial charge in [-0.25, -0.2) is 9.37 Å². The van der Waals surface area contributed by atoms with Crippen molar-refractivity contribution in [3.63, 3.8) is 0 Å². The van der Waals surface area contributed by atoms with Crippen LogP contribution in [-0.4, -0.2) is 4.98 Å². The van der Waals surface area contributed by atoms with Gasteiger partial charge in [0.1, 0.15) is 15.4 Å². The Kier molecular flexibility index (Phi) is 3.38. The second kappa shape index (κ2) is 4.77. The van der Waals surface area contributed by atoms with Gasteiger partial charge in [0.05, 0.1) is 0 Å². The van der Waals surface area contributed by atoms with Gasteiger partial charge in [0, 0.05) is 4.90 Å². The Balaban J connectivity index is 2.22. The molecule has 0 N–H and O–H groups in total. The fourth-order valence-corrected chi connectivity index (χ4v) is 2.41. The molecule has 0 fully saturated rings. The number of aromatic nitrogens is 1. The van der Waals surface area contributed by atoms with Crippen molar-refractivity contribution < 1.29 is 4.39 Å². The average Bonchev–Trinajstić information content (AvgIpc) is 2.17. The minimum atomic E-state index is -0.227. The molecule has 1 aromatic heterocycles. The molecule has 0 bridgehead atoms. The maximum atomic E-state index is 12.9. The van der Waals surface area contributed by atoms with Crippen LogP contribution in [0.5, 0.6) is 0 Å². The highest BCUT2D eigenvalue weighted by Gasteiger charge is 2.00. The summed E-state index contributed by atoms with van der Waals surface area (Å²) in [5.74, 6) is -0.227. The predicted octanol–water partition coefficient (Wildman–Crippen LogP) is 4.13. The Morgan fingerprint density at radius 1 is 1.13 bits per heavy atom. The lowest BCUT2D eigenvalue weighted by molar-refractivity contribution is 0.624. The Labute approximate surface area is 99.9 Å². The summed E-state index contributed by atoms with van der Waals surface area (Å²) < 4.78 is 13.7. The molecule has 1 aromatic carbocycles. The van der Waals surface area contributed by atoms with Crippen LogP contribution in [0.25, 0.3) is 0 Å². The third-order valence-electron chi connectivity index (χ3n) is 1.71. The smallest absolute Gasteiger partial charge is 0.124 e. The minimum Gasteiger partial charge on any atom is -0.234 e. The normalized spacial score (nSPS) is 10.3. The lowest BCUT2D eigenvalue weighted by atomic mass is 10.4. The van der Waals surface area contributed by atoms with Crippen LogP contribution in [0.2, 0.25) is 0 Å². The Hall–Kier alpha value is -0.870. The minimum absolute atomic E-state index is 0.227. The summed E-state index contributed by atoms with van der Waals surface area (Å²) >= 11 is 4.73. The summed E-state index contributed by atoms with van der Waals surface area (Å²) in [6.07, 6.45) is 0. The Morgan fingerprint density at radius 3 is 2.67 bits per heavy atom. The van der Waals surface area contributed by atoms with Gasteiger partial charge in [-0.3, -0.25) is 0 Å². The van der Waals surface area contributed by atoms with Crippen molar-refractivity contribution >= 4 is 27.7 Å². The summed E-state index contributed by atoms with van der Waals surface area (Å²) in [5.41, 5.74) is 0. The first-order valence-electron chi connectivity index (χ1n) is 4.30. The van der Waals surface area contributed by atoms with Crippen molar-refractivity contribution in [1.29, 1.82) is 0 Å². The van der Waals surface area contributed by atoms with Crippen molar-refractivity contribution in [1.82, 2.24) is 4.98 Å². The van der Waals surface area contributed by atoms with Gasteiger partial charge in [0.2, 0.25) is 0 Å². The van der Waals surface area contributed by atoms with E-state index in [1.165, 1.54) is 23.9 Å². The zero-order valence-electron chi connectivity index (χ0n) is 7.65. The molecule has 0 spiro atoms. The van der Waals surface area contributed by atoms with E-state index in [1.807, 2.05) is 24.3 Å². The predicted molar refractivity (Wildman–Crippen MR) is 62.5 cm³/mol. The topological polar surface area (TPSA) is 12.9 Å². The van der Waals surface area contributed by atoms with Crippen molar-refractivity contribution in [3.8, 4) is 0 Å². The molecule has 0 aliphatic rings. The molecule has 1 nitrogen and oxygen atoms in total. The highest BCUT2D eigenvalue weighted by Crippen LogP contribution is 2.27. The largest absolute Gasteiger partial charge is 0.234 e. The van der Waals surface area contributed by atoms with Crippen LogP contribution in [0.1, 0.15) is 0 Å². The monoisotopic (exact) mass is 283 g/mol. The van der Waals surface area contributed by atoms with Crippen LogP contribution < -0.4 is 0 Å². The van der Waals surface area contributed by atoms with Crippen LogP contribution in [0.15, 0.2) is 57.0 Å². The second-order valence-electron chi connectivity index (χ2n) is 2.86. The third kappa shape index (κ3) is 3.04. The first-order valence-corrected chi connectivity index (χ1v) is 5.91. The molecule has 0 aliphatic carbocycles. The van der Waals surface area contributed by atoms with E-state index in [9.17, 15) is 4.39 Å². The number of benzene rings is 1. The van der Waals surface area contributed by atoms with E-state index in [1.54, 1.807) is 6.07 Å². The standard InChI is InChI=1S/C11H7BrFNS/c12-10-5-2-6-11(14-10)15-9-4-1-3-8(13)7-9/h1-7H. The zero-order chi connectivity index (χ0) is 10.7. The first kappa shape index (κ1) is 10.6. The van der Waals surface area contributed by atoms with E-state index in [0.717, 1.165) is 14.5 Å². The summed E-state index contributed by atoms with van der Waals surface area (Å²) in [6.45, 7) is 0. The molecular weight excluding hydrogens is 277 g/mol. The van der Waals surface area contributed by atoms with E-state index < -0.39 is 0 Å². The van der Waals surface area contributed by atoms with Crippen molar-refractivity contribution in [3.05, 3.63) is 52.9 Å². The second-order valence-corrected chi connectivity index (χ2v) is 4.76. The lowest BCUT2D eigenvalue weighted by Crippen LogP contribution is -1.81. The fourth-order valence-electron chi connectivity index (χ4n) is 1.10. The summed E-state index contributed by atoms with van der Waals surface area (Å²) in [5, 5.41) is 0.843.